The van der Waals surface area contributed by atoms with Gasteiger partial charge in [0, 0.05) is 10.4 Å². The van der Waals surface area contributed by atoms with Crippen molar-refractivity contribution in [2.24, 2.45) is 5.92 Å². The molecular formula is C22H25N5O2S2. The Kier molecular flexibility index (Phi) is 6.43. The zero-order valence-corrected chi connectivity index (χ0v) is 19.6. The number of nitrogens with one attached hydrogen (secondary N) is 2. The Balaban J connectivity index is 1.50. The predicted molar refractivity (Wildman–Crippen MR) is 126 cm³/mol. The average Bonchev–Trinajstić information content (AvgIpc) is 3.37. The number of H-pyrrole nitrogens is 2. The highest BCUT2D eigenvalue weighted by Gasteiger charge is 2.17. The molecule has 1 atom stereocenters. The molecule has 0 aliphatic carbocycles. The van der Waals surface area contributed by atoms with Gasteiger partial charge in [-0.05, 0) is 49.1 Å². The van der Waals surface area contributed by atoms with Crippen LogP contribution in [0.1, 0.15) is 36.5 Å². The molecule has 0 saturated carbocycles. The van der Waals surface area contributed by atoms with Gasteiger partial charge in [-0.15, -0.1) is 16.4 Å². The summed E-state index contributed by atoms with van der Waals surface area (Å²) in [4.78, 5) is 27.0. The van der Waals surface area contributed by atoms with E-state index in [4.69, 9.17) is 9.72 Å². The van der Waals surface area contributed by atoms with Crippen LogP contribution >= 0.6 is 23.1 Å². The van der Waals surface area contributed by atoms with Gasteiger partial charge in [-0.2, -0.15) is 0 Å². The fraction of sp³-hybridized carbons (Fsp3) is 0.364. The third kappa shape index (κ3) is 4.67. The number of thiophene rings is 1. The summed E-state index contributed by atoms with van der Waals surface area (Å²) in [7, 11) is 1.64. The van der Waals surface area contributed by atoms with Crippen LogP contribution in [-0.2, 0) is 12.2 Å². The average molecular weight is 456 g/mol. The maximum Gasteiger partial charge on any atom is 0.259 e. The van der Waals surface area contributed by atoms with Crippen molar-refractivity contribution in [2.75, 3.05) is 7.11 Å². The van der Waals surface area contributed by atoms with Crippen LogP contribution in [0, 0.1) is 12.8 Å². The number of hydrogen-bond donors (Lipinski definition) is 2. The Hall–Kier alpha value is -2.65. The molecule has 1 aromatic carbocycles. The number of aromatic amines is 2. The van der Waals surface area contributed by atoms with Gasteiger partial charge in [-0.1, -0.05) is 32.0 Å². The molecule has 162 valence electrons. The van der Waals surface area contributed by atoms with E-state index in [0.29, 0.717) is 28.5 Å². The van der Waals surface area contributed by atoms with Crippen LogP contribution < -0.4 is 10.3 Å². The second-order valence-electron chi connectivity index (χ2n) is 7.53. The highest BCUT2D eigenvalue weighted by atomic mass is 32.2. The first kappa shape index (κ1) is 21.6. The van der Waals surface area contributed by atoms with E-state index in [1.54, 1.807) is 18.4 Å². The van der Waals surface area contributed by atoms with E-state index >= 15 is 0 Å². The van der Waals surface area contributed by atoms with E-state index in [9.17, 15) is 4.79 Å². The normalized spacial score (nSPS) is 12.4. The Morgan fingerprint density at radius 3 is 2.71 bits per heavy atom. The first-order valence-electron chi connectivity index (χ1n) is 10.2. The van der Waals surface area contributed by atoms with Gasteiger partial charge in [0.2, 0.25) is 5.16 Å². The molecular weight excluding hydrogens is 430 g/mol. The number of thioether (sulfide) groups is 1. The number of fused-ring (bicyclic) bond motifs is 1. The summed E-state index contributed by atoms with van der Waals surface area (Å²) in [5.41, 5.74) is 2.01. The predicted octanol–water partition coefficient (Wildman–Crippen LogP) is 4.97. The molecule has 0 aliphatic heterocycles. The number of nitrogens with zero attached hydrogens (tertiary/aromatic N) is 3. The van der Waals surface area contributed by atoms with Crippen LogP contribution in [-0.4, -0.2) is 32.3 Å². The fourth-order valence-electron chi connectivity index (χ4n) is 3.35. The van der Waals surface area contributed by atoms with Crippen LogP contribution in [0.5, 0.6) is 5.75 Å². The van der Waals surface area contributed by atoms with E-state index in [1.807, 2.05) is 24.3 Å². The van der Waals surface area contributed by atoms with E-state index in [1.165, 1.54) is 16.6 Å². The molecule has 0 unspecified atom stereocenters. The number of methoxy groups -OCH3 is 1. The summed E-state index contributed by atoms with van der Waals surface area (Å²) in [5, 5.41) is 8.58. The van der Waals surface area contributed by atoms with E-state index in [0.717, 1.165) is 39.9 Å². The molecule has 0 spiro atoms. The van der Waals surface area contributed by atoms with Crippen molar-refractivity contribution in [1.29, 1.82) is 0 Å². The summed E-state index contributed by atoms with van der Waals surface area (Å²) in [6.45, 7) is 6.47. The first-order chi connectivity index (χ1) is 15.0. The summed E-state index contributed by atoms with van der Waals surface area (Å²) < 4.78 is 5.19. The summed E-state index contributed by atoms with van der Waals surface area (Å²) >= 11 is 3.03. The molecule has 0 bridgehead atoms. The van der Waals surface area contributed by atoms with E-state index in [-0.39, 0.29) is 5.56 Å². The van der Waals surface area contributed by atoms with Gasteiger partial charge in [0.1, 0.15) is 16.4 Å². The maximum absolute atomic E-state index is 12.8. The Bertz CT molecular complexity index is 1240. The highest BCUT2D eigenvalue weighted by molar-refractivity contribution is 7.98. The summed E-state index contributed by atoms with van der Waals surface area (Å²) in [6, 6.07) is 7.62. The molecule has 7 nitrogen and oxygen atoms in total. The lowest BCUT2D eigenvalue weighted by Crippen LogP contribution is -2.12. The third-order valence-electron chi connectivity index (χ3n) is 5.33. The van der Waals surface area contributed by atoms with E-state index < -0.39 is 0 Å². The van der Waals surface area contributed by atoms with Gasteiger partial charge in [0.05, 0.1) is 18.2 Å². The molecule has 0 fully saturated rings. The molecule has 0 amide bonds. The molecule has 0 aliphatic rings. The van der Waals surface area contributed by atoms with Crippen molar-refractivity contribution >= 4 is 33.3 Å². The SMILES string of the molecule is CC[C@@H](C)Cc1c(C)sc2nc(CSc3n[nH]c(-c4ccc(OC)cc4)n3)[nH]c(=O)c12. The highest BCUT2D eigenvalue weighted by Crippen LogP contribution is 2.30. The summed E-state index contributed by atoms with van der Waals surface area (Å²) in [5.74, 6) is 3.14. The number of aromatic nitrogens is 5. The second-order valence-corrected chi connectivity index (χ2v) is 9.68. The lowest BCUT2D eigenvalue weighted by Gasteiger charge is -2.08. The first-order valence-corrected chi connectivity index (χ1v) is 12.0. The zero-order valence-electron chi connectivity index (χ0n) is 18.0. The largest absolute Gasteiger partial charge is 0.497 e. The number of hydrogen-bond acceptors (Lipinski definition) is 7. The zero-order chi connectivity index (χ0) is 22.0. The second kappa shape index (κ2) is 9.23. The Labute approximate surface area is 188 Å². The molecule has 4 aromatic rings. The van der Waals surface area contributed by atoms with Crippen LogP contribution in [0.3, 0.4) is 0 Å². The molecule has 4 rings (SSSR count). The van der Waals surface area contributed by atoms with E-state index in [2.05, 4.69) is 40.9 Å². The minimum Gasteiger partial charge on any atom is -0.497 e. The van der Waals surface area contributed by atoms with Gasteiger partial charge in [0.25, 0.3) is 5.56 Å². The smallest absolute Gasteiger partial charge is 0.259 e. The quantitative estimate of drug-likeness (QED) is 0.364. The molecule has 0 saturated heterocycles. The molecule has 3 heterocycles. The van der Waals surface area contributed by atoms with Crippen molar-refractivity contribution in [3.8, 4) is 17.1 Å². The lowest BCUT2D eigenvalue weighted by molar-refractivity contribution is 0.415. The molecule has 31 heavy (non-hydrogen) atoms. The molecule has 3 aromatic heterocycles. The molecule has 2 N–H and O–H groups in total. The number of rotatable bonds is 8. The van der Waals surface area contributed by atoms with Crippen LogP contribution in [0.4, 0.5) is 0 Å². The Morgan fingerprint density at radius 1 is 1.23 bits per heavy atom. The van der Waals surface area contributed by atoms with Gasteiger partial charge < -0.3 is 9.72 Å². The van der Waals surface area contributed by atoms with Crippen LogP contribution in [0.25, 0.3) is 21.6 Å². The van der Waals surface area contributed by atoms with Crippen LogP contribution in [0.2, 0.25) is 0 Å². The monoisotopic (exact) mass is 455 g/mol. The number of ether oxygens (including phenoxy) is 1. The lowest BCUT2D eigenvalue weighted by atomic mass is 9.98. The van der Waals surface area contributed by atoms with Gasteiger partial charge in [-0.25, -0.2) is 9.97 Å². The van der Waals surface area contributed by atoms with Crippen molar-refractivity contribution in [3.05, 3.63) is 50.9 Å². The minimum atomic E-state index is -0.0582. The minimum absolute atomic E-state index is 0.0582. The Morgan fingerprint density at radius 2 is 2.00 bits per heavy atom. The van der Waals surface area contributed by atoms with Gasteiger partial charge >= 0.3 is 0 Å². The fourth-order valence-corrected chi connectivity index (χ4v) is 5.09. The standard InChI is InChI=1S/C22H25N5O2S2/c1-5-12(2)10-16-13(3)31-21-18(16)20(28)23-17(24-21)11-30-22-25-19(26-27-22)14-6-8-15(29-4)9-7-14/h6-9,12H,5,10-11H2,1-4H3,(H,23,24,28)(H,25,26,27)/t12-/m1/s1. The van der Waals surface area contributed by atoms with Gasteiger partial charge in [0.15, 0.2) is 5.82 Å². The number of aryl methyl sites for hydroxylation is 1. The summed E-state index contributed by atoms with van der Waals surface area (Å²) in [6.07, 6.45) is 2.00. The number of benzene rings is 1. The topological polar surface area (TPSA) is 96.5 Å². The maximum atomic E-state index is 12.8. The van der Waals surface area contributed by atoms with Crippen LogP contribution in [0.15, 0.2) is 34.2 Å². The molecule has 9 heteroatoms. The van der Waals surface area contributed by atoms with Gasteiger partial charge in [-0.3, -0.25) is 9.89 Å². The van der Waals surface area contributed by atoms with Crippen molar-refractivity contribution in [3.63, 3.8) is 0 Å². The molecule has 0 radical (unpaired) electrons. The third-order valence-corrected chi connectivity index (χ3v) is 7.23. The van der Waals surface area contributed by atoms with Crippen molar-refractivity contribution in [2.45, 2.75) is 44.5 Å². The van der Waals surface area contributed by atoms with Crippen molar-refractivity contribution < 1.29 is 4.74 Å². The van der Waals surface area contributed by atoms with Crippen molar-refractivity contribution in [1.82, 2.24) is 25.1 Å².